The molecule has 2 heterocycles. The Morgan fingerprint density at radius 2 is 1.29 bits per heavy atom. The summed E-state index contributed by atoms with van der Waals surface area (Å²) in [5.74, 6) is 1.66. The molecule has 1 aliphatic rings. The summed E-state index contributed by atoms with van der Waals surface area (Å²) in [5.41, 5.74) is 14.7. The molecule has 9 rings (SSSR count). The highest BCUT2D eigenvalue weighted by molar-refractivity contribution is 6.11. The van der Waals surface area contributed by atoms with Crippen molar-refractivity contribution < 1.29 is 0 Å². The fraction of sp³-hybridized carbons (Fsp3) is 0.174. The van der Waals surface area contributed by atoms with Gasteiger partial charge in [-0.1, -0.05) is 124 Å². The van der Waals surface area contributed by atoms with Crippen molar-refractivity contribution in [2.75, 3.05) is 0 Å². The lowest BCUT2D eigenvalue weighted by molar-refractivity contribution is 0.660. The number of benzene rings is 6. The highest BCUT2D eigenvalue weighted by Gasteiger charge is 2.37. The van der Waals surface area contributed by atoms with E-state index in [2.05, 4.69) is 160 Å². The summed E-state index contributed by atoms with van der Waals surface area (Å²) in [5, 5.41) is 3.54. The fourth-order valence-corrected chi connectivity index (χ4v) is 8.28. The smallest absolute Gasteiger partial charge is 0.162 e. The number of rotatable bonds is 6. The van der Waals surface area contributed by atoms with Gasteiger partial charge in [-0.25, -0.2) is 9.97 Å². The van der Waals surface area contributed by atoms with Crippen LogP contribution in [0.2, 0.25) is 0 Å². The molecule has 0 saturated heterocycles. The molecule has 49 heavy (non-hydrogen) atoms. The van der Waals surface area contributed by atoms with E-state index in [-0.39, 0.29) is 5.41 Å². The molecule has 0 N–H and O–H groups in total. The minimum atomic E-state index is -0.101. The molecule has 6 aromatic carbocycles. The molecule has 0 saturated carbocycles. The van der Waals surface area contributed by atoms with Gasteiger partial charge in [0.05, 0.1) is 16.6 Å². The molecule has 0 unspecified atom stereocenters. The first-order valence-electron chi connectivity index (χ1n) is 17.6. The second kappa shape index (κ2) is 11.3. The molecule has 0 fully saturated rings. The van der Waals surface area contributed by atoms with E-state index >= 15 is 0 Å². The lowest BCUT2D eigenvalue weighted by Crippen LogP contribution is -2.14. The van der Waals surface area contributed by atoms with Gasteiger partial charge in [-0.3, -0.25) is 4.57 Å². The average molecular weight is 634 g/mol. The zero-order valence-electron chi connectivity index (χ0n) is 28.6. The summed E-state index contributed by atoms with van der Waals surface area (Å²) in [6.07, 6.45) is 3.37. The van der Waals surface area contributed by atoms with Crippen LogP contribution in [-0.4, -0.2) is 14.5 Å². The molecule has 0 aliphatic heterocycles. The summed E-state index contributed by atoms with van der Waals surface area (Å²) >= 11 is 0. The first-order chi connectivity index (χ1) is 24.0. The van der Waals surface area contributed by atoms with E-state index in [1.807, 2.05) is 0 Å². The molecule has 2 aromatic heterocycles. The number of aromatic nitrogens is 3. The van der Waals surface area contributed by atoms with Crippen LogP contribution in [0.15, 0.2) is 127 Å². The van der Waals surface area contributed by atoms with Crippen LogP contribution >= 0.6 is 0 Å². The number of hydrogen-bond acceptors (Lipinski definition) is 2. The molecule has 8 aromatic rings. The van der Waals surface area contributed by atoms with Crippen LogP contribution in [0.1, 0.15) is 55.9 Å². The number of para-hydroxylation sites is 2. The van der Waals surface area contributed by atoms with E-state index in [4.69, 9.17) is 9.97 Å². The third kappa shape index (κ3) is 4.49. The summed E-state index contributed by atoms with van der Waals surface area (Å²) in [6.45, 7) is 9.15. The molecule has 238 valence electrons. The Labute approximate surface area is 287 Å². The summed E-state index contributed by atoms with van der Waals surface area (Å²) < 4.78 is 2.39. The van der Waals surface area contributed by atoms with Crippen LogP contribution in [0.5, 0.6) is 0 Å². The van der Waals surface area contributed by atoms with Crippen molar-refractivity contribution in [1.82, 2.24) is 14.5 Å². The molecular formula is C46H39N3. The van der Waals surface area contributed by atoms with E-state index in [9.17, 15) is 0 Å². The first-order valence-corrected chi connectivity index (χ1v) is 17.6. The normalized spacial score (nSPS) is 13.3. The van der Waals surface area contributed by atoms with Crippen molar-refractivity contribution >= 4 is 32.7 Å². The third-order valence-corrected chi connectivity index (χ3v) is 10.8. The summed E-state index contributed by atoms with van der Waals surface area (Å²) in [4.78, 5) is 10.8. The van der Waals surface area contributed by atoms with Crippen LogP contribution in [0.25, 0.3) is 72.2 Å². The van der Waals surface area contributed by atoms with E-state index in [0.29, 0.717) is 0 Å². The number of nitrogens with zero attached hydrogens (tertiary/aromatic N) is 3. The maximum Gasteiger partial charge on any atom is 0.162 e. The Morgan fingerprint density at radius 3 is 2.12 bits per heavy atom. The van der Waals surface area contributed by atoms with E-state index in [1.165, 1.54) is 60.8 Å². The zero-order chi connectivity index (χ0) is 33.3. The monoisotopic (exact) mass is 633 g/mol. The number of hydrogen-bond donors (Lipinski definition) is 0. The third-order valence-electron chi connectivity index (χ3n) is 10.8. The van der Waals surface area contributed by atoms with E-state index in [0.717, 1.165) is 52.9 Å². The Kier molecular flexibility index (Phi) is 6.81. The van der Waals surface area contributed by atoms with Crippen molar-refractivity contribution in [3.05, 3.63) is 150 Å². The lowest BCUT2D eigenvalue weighted by Gasteiger charge is -2.21. The van der Waals surface area contributed by atoms with Gasteiger partial charge in [0, 0.05) is 27.1 Å². The maximum absolute atomic E-state index is 5.56. The van der Waals surface area contributed by atoms with Gasteiger partial charge in [0.1, 0.15) is 5.82 Å². The van der Waals surface area contributed by atoms with Gasteiger partial charge in [0.2, 0.25) is 0 Å². The second-order valence-electron chi connectivity index (χ2n) is 14.1. The minimum Gasteiger partial charge on any atom is -0.293 e. The highest BCUT2D eigenvalue weighted by Crippen LogP contribution is 2.51. The largest absolute Gasteiger partial charge is 0.293 e. The van der Waals surface area contributed by atoms with Gasteiger partial charge in [-0.05, 0) is 94.6 Å². The van der Waals surface area contributed by atoms with Gasteiger partial charge in [0.15, 0.2) is 5.82 Å². The van der Waals surface area contributed by atoms with Crippen molar-refractivity contribution in [1.29, 1.82) is 0 Å². The molecular weight excluding hydrogens is 595 g/mol. The van der Waals surface area contributed by atoms with Crippen molar-refractivity contribution in [2.45, 2.75) is 52.4 Å². The maximum atomic E-state index is 5.56. The molecule has 3 nitrogen and oxygen atoms in total. The molecule has 1 aliphatic carbocycles. The molecule has 0 spiro atoms. The first kappa shape index (κ1) is 29.6. The predicted octanol–water partition coefficient (Wildman–Crippen LogP) is 12.0. The summed E-state index contributed by atoms with van der Waals surface area (Å²) in [7, 11) is 0. The van der Waals surface area contributed by atoms with Crippen LogP contribution < -0.4 is 0 Å². The molecule has 0 bridgehead atoms. The van der Waals surface area contributed by atoms with Gasteiger partial charge >= 0.3 is 0 Å². The topological polar surface area (TPSA) is 30.7 Å². The number of unbranched alkanes of at least 4 members (excludes halogenated alkanes) is 1. The van der Waals surface area contributed by atoms with Gasteiger partial charge < -0.3 is 0 Å². The van der Waals surface area contributed by atoms with E-state index < -0.39 is 0 Å². The van der Waals surface area contributed by atoms with Crippen molar-refractivity contribution in [3.63, 3.8) is 0 Å². The quantitative estimate of drug-likeness (QED) is 0.182. The Balaban J connectivity index is 1.37. The minimum absolute atomic E-state index is 0.101. The molecule has 3 heteroatoms. The Hall–Kier alpha value is -5.54. The predicted molar refractivity (Wildman–Crippen MR) is 206 cm³/mol. The summed E-state index contributed by atoms with van der Waals surface area (Å²) in [6, 6.07) is 46.4. The Bertz CT molecular complexity index is 2590. The van der Waals surface area contributed by atoms with Crippen molar-refractivity contribution in [3.8, 4) is 39.5 Å². The van der Waals surface area contributed by atoms with Crippen molar-refractivity contribution in [2.24, 2.45) is 0 Å². The average Bonchev–Trinajstić information content (AvgIpc) is 3.58. The van der Waals surface area contributed by atoms with Gasteiger partial charge in [0.25, 0.3) is 0 Å². The van der Waals surface area contributed by atoms with Crippen LogP contribution in [-0.2, 0) is 11.8 Å². The highest BCUT2D eigenvalue weighted by atomic mass is 15.1. The second-order valence-corrected chi connectivity index (χ2v) is 14.1. The standard InChI is InChI=1S/C46H39N3/c1-5-6-17-30-27-37-32-19-11-14-26-41(32)49(42(37)28-36(30)31-18-8-7-16-29(31)2)45-34-21-10-13-25-40(34)47-44(48-45)35-22-15-24-39-43(35)33-20-9-12-23-38(33)46(39,3)4/h7-16,18-28H,5-6,17H2,1-4H3. The Morgan fingerprint density at radius 1 is 0.592 bits per heavy atom. The SMILES string of the molecule is CCCCc1cc2c3ccccc3n(-c3nc(-c4cccc5c4-c4ccccc4C5(C)C)nc4ccccc34)c2cc1-c1ccccc1C. The van der Waals surface area contributed by atoms with Gasteiger partial charge in [-0.15, -0.1) is 0 Å². The number of aryl methyl sites for hydroxylation is 2. The number of fused-ring (bicyclic) bond motifs is 7. The molecule has 0 atom stereocenters. The van der Waals surface area contributed by atoms with Crippen LogP contribution in [0.3, 0.4) is 0 Å². The lowest BCUT2D eigenvalue weighted by atomic mass is 9.82. The zero-order valence-corrected chi connectivity index (χ0v) is 28.6. The van der Waals surface area contributed by atoms with E-state index in [1.54, 1.807) is 0 Å². The van der Waals surface area contributed by atoms with Crippen LogP contribution in [0.4, 0.5) is 0 Å². The molecule has 0 amide bonds. The molecule has 0 radical (unpaired) electrons. The fourth-order valence-electron chi connectivity index (χ4n) is 8.28. The van der Waals surface area contributed by atoms with Crippen LogP contribution in [0, 0.1) is 6.92 Å². The van der Waals surface area contributed by atoms with Gasteiger partial charge in [-0.2, -0.15) is 0 Å².